The van der Waals surface area contributed by atoms with Gasteiger partial charge in [0.15, 0.2) is 0 Å². The predicted octanol–water partition coefficient (Wildman–Crippen LogP) is 4.81. The maximum absolute atomic E-state index is 2.99. The summed E-state index contributed by atoms with van der Waals surface area (Å²) in [6.45, 7) is 13.6. The molecule has 0 aromatic heterocycles. The van der Waals surface area contributed by atoms with Crippen molar-refractivity contribution in [2.45, 2.75) is 71.6 Å². The van der Waals surface area contributed by atoms with Crippen molar-refractivity contribution in [3.05, 3.63) is 150 Å². The molecule has 0 saturated carbocycles. The zero-order chi connectivity index (χ0) is 30.2. The van der Waals surface area contributed by atoms with E-state index in [0.29, 0.717) is 0 Å². The number of hydrogen-bond acceptors (Lipinski definition) is 0. The van der Waals surface area contributed by atoms with Crippen LogP contribution < -0.4 is 24.8 Å². The monoisotopic (exact) mass is 654 g/mol. The van der Waals surface area contributed by atoms with Crippen LogP contribution in [0, 0.1) is 6.08 Å². The molecule has 1 aliphatic carbocycles. The van der Waals surface area contributed by atoms with Crippen LogP contribution in [-0.2, 0) is 43.6 Å². The number of rotatable bonds is 4. The molecular formula is C41H44Cl2Ti-2. The van der Waals surface area contributed by atoms with Crippen LogP contribution >= 0.6 is 0 Å². The van der Waals surface area contributed by atoms with E-state index in [1.165, 1.54) is 47.6 Å². The molecule has 3 heteroatoms. The molecule has 228 valence electrons. The number of hydrogen-bond donors (Lipinski definition) is 0. The van der Waals surface area contributed by atoms with Gasteiger partial charge in [0.1, 0.15) is 0 Å². The summed E-state index contributed by atoms with van der Waals surface area (Å²) in [6, 6.07) is 37.5. The van der Waals surface area contributed by atoms with Gasteiger partial charge in [0.25, 0.3) is 0 Å². The van der Waals surface area contributed by atoms with Crippen LogP contribution in [0.2, 0.25) is 0 Å². The van der Waals surface area contributed by atoms with E-state index in [0.717, 1.165) is 19.3 Å². The topological polar surface area (TPSA) is 0 Å². The van der Waals surface area contributed by atoms with Crippen molar-refractivity contribution in [1.29, 1.82) is 0 Å². The molecule has 0 bridgehead atoms. The zero-order valence-corrected chi connectivity index (χ0v) is 30.0. The second-order valence-electron chi connectivity index (χ2n) is 13.2. The normalized spacial score (nSPS) is 12.0. The molecule has 6 rings (SSSR count). The van der Waals surface area contributed by atoms with Gasteiger partial charge in [-0.1, -0.05) is 76.9 Å². The molecular weight excluding hydrogens is 611 g/mol. The molecule has 0 unspecified atom stereocenters. The number of allylic oxidation sites excluding steroid dienone is 4. The molecule has 0 fully saturated rings. The maximum atomic E-state index is 2.99. The summed E-state index contributed by atoms with van der Waals surface area (Å²) < 4.78 is 1.51. The summed E-state index contributed by atoms with van der Waals surface area (Å²) in [5, 5.41) is 5.48. The second-order valence-corrected chi connectivity index (χ2v) is 14.3. The molecule has 0 spiro atoms. The zero-order valence-electron chi connectivity index (χ0n) is 26.9. The molecule has 0 saturated heterocycles. The minimum absolute atomic E-state index is 0. The Kier molecular flexibility index (Phi) is 14.7. The van der Waals surface area contributed by atoms with Gasteiger partial charge in [0.05, 0.1) is 0 Å². The molecule has 0 heterocycles. The first-order valence-electron chi connectivity index (χ1n) is 15.0. The first kappa shape index (κ1) is 37.6. The Labute approximate surface area is 289 Å². The van der Waals surface area contributed by atoms with Crippen molar-refractivity contribution in [1.82, 2.24) is 0 Å². The fourth-order valence-electron chi connectivity index (χ4n) is 5.04. The summed E-state index contributed by atoms with van der Waals surface area (Å²) in [5.74, 6) is 0. The van der Waals surface area contributed by atoms with Crippen molar-refractivity contribution in [3.8, 4) is 0 Å². The van der Waals surface area contributed by atoms with Crippen LogP contribution in [-0.4, -0.2) is 3.81 Å². The summed E-state index contributed by atoms with van der Waals surface area (Å²) in [6.07, 6.45) is 12.2. The van der Waals surface area contributed by atoms with Crippen LogP contribution in [0.4, 0.5) is 0 Å². The molecule has 5 aromatic carbocycles. The molecule has 5 aromatic rings. The molecule has 0 nitrogen and oxygen atoms in total. The van der Waals surface area contributed by atoms with Crippen LogP contribution in [0.25, 0.3) is 21.5 Å². The fourth-order valence-corrected chi connectivity index (χ4v) is 5.68. The summed E-state index contributed by atoms with van der Waals surface area (Å²) >= 11 is 2.24. The van der Waals surface area contributed by atoms with Gasteiger partial charge in [-0.2, -0.15) is 6.08 Å². The van der Waals surface area contributed by atoms with Crippen molar-refractivity contribution in [3.63, 3.8) is 0 Å². The number of halogens is 2. The van der Waals surface area contributed by atoms with Gasteiger partial charge in [-0.05, 0) is 10.8 Å². The molecule has 0 amide bonds. The Morgan fingerprint density at radius 3 is 1.41 bits per heavy atom. The van der Waals surface area contributed by atoms with E-state index in [1.54, 1.807) is 0 Å². The van der Waals surface area contributed by atoms with Crippen molar-refractivity contribution < 1.29 is 44.8 Å². The summed E-state index contributed by atoms with van der Waals surface area (Å²) in [4.78, 5) is 0. The Hall–Kier alpha value is -2.61. The average Bonchev–Trinajstić information content (AvgIpc) is 3.65. The first-order chi connectivity index (χ1) is 20.0. The SMILES string of the molecule is CC(C)(C)c1ccc2c(c1)[cH-]c1cc(C(C)(C)C)ccc12.[C-]1=CC=CC1.[Cl-].[Cl-].[Ti+2]=[C](Cc1ccccc1)Cc1ccccc1. The summed E-state index contributed by atoms with van der Waals surface area (Å²) in [5.41, 5.74) is 6.01. The van der Waals surface area contributed by atoms with E-state index in [9.17, 15) is 0 Å². The fraction of sp³-hybridized carbons (Fsp3) is 0.268. The summed E-state index contributed by atoms with van der Waals surface area (Å²) in [7, 11) is 0. The minimum atomic E-state index is 0. The number of benzene rings is 4. The van der Waals surface area contributed by atoms with E-state index < -0.39 is 0 Å². The Balaban J connectivity index is 0.000000260. The predicted molar refractivity (Wildman–Crippen MR) is 181 cm³/mol. The Morgan fingerprint density at radius 1 is 0.659 bits per heavy atom. The third-order valence-electron chi connectivity index (χ3n) is 7.54. The van der Waals surface area contributed by atoms with E-state index in [2.05, 4.69) is 177 Å². The van der Waals surface area contributed by atoms with Crippen molar-refractivity contribution in [2.24, 2.45) is 0 Å². The molecule has 0 aliphatic heterocycles. The standard InChI is InChI=1S/C21H25.C15H14.C5H5.2ClH.Ti/c1-20(2,3)16-7-9-18-14(12-16)11-15-13-17(21(4,5)6)8-10-19(15)18;1-3-8-14(9-4-1)12-7-13-15-10-5-2-6-11-15;1-2-4-5-3-1;;;/h7-13H,1-6H3;1-6,8-11H,12-13H2;1-3H,4H2;2*1H;/q-1;;-1;;;+2/p-2. The van der Waals surface area contributed by atoms with Gasteiger partial charge in [-0.3, -0.25) is 6.08 Å². The van der Waals surface area contributed by atoms with Crippen molar-refractivity contribution >= 4 is 25.4 Å². The third-order valence-corrected chi connectivity index (χ3v) is 8.09. The van der Waals surface area contributed by atoms with Crippen LogP contribution in [0.3, 0.4) is 0 Å². The quantitative estimate of drug-likeness (QED) is 0.193. The van der Waals surface area contributed by atoms with Crippen LogP contribution in [0.15, 0.2) is 121 Å². The van der Waals surface area contributed by atoms with E-state index in [-0.39, 0.29) is 35.6 Å². The first-order valence-corrected chi connectivity index (χ1v) is 15.8. The van der Waals surface area contributed by atoms with Crippen LogP contribution in [0.1, 0.15) is 70.2 Å². The third kappa shape index (κ3) is 11.1. The van der Waals surface area contributed by atoms with Crippen LogP contribution in [0.5, 0.6) is 0 Å². The molecule has 1 aliphatic rings. The van der Waals surface area contributed by atoms with Gasteiger partial charge in [0.2, 0.25) is 0 Å². The van der Waals surface area contributed by atoms with E-state index >= 15 is 0 Å². The molecule has 0 radical (unpaired) electrons. The van der Waals surface area contributed by atoms with Crippen molar-refractivity contribution in [2.75, 3.05) is 0 Å². The average molecular weight is 656 g/mol. The van der Waals surface area contributed by atoms with Gasteiger partial charge < -0.3 is 24.8 Å². The molecule has 44 heavy (non-hydrogen) atoms. The molecule has 0 N–H and O–H groups in total. The van der Waals surface area contributed by atoms with E-state index in [1.807, 2.05) is 12.2 Å². The van der Waals surface area contributed by atoms with Gasteiger partial charge in [-0.15, -0.1) is 46.2 Å². The van der Waals surface area contributed by atoms with Gasteiger partial charge in [0, 0.05) is 0 Å². The van der Waals surface area contributed by atoms with Gasteiger partial charge >= 0.3 is 108 Å². The molecule has 0 atom stereocenters. The number of fused-ring (bicyclic) bond motifs is 3. The second kappa shape index (κ2) is 17.2. The Bertz CT molecular complexity index is 1540. The Morgan fingerprint density at radius 2 is 1.09 bits per heavy atom. The van der Waals surface area contributed by atoms with E-state index in [4.69, 9.17) is 0 Å². The van der Waals surface area contributed by atoms with Gasteiger partial charge in [-0.25, -0.2) is 12.2 Å².